The van der Waals surface area contributed by atoms with Crippen LogP contribution in [0.4, 0.5) is 5.69 Å². The Bertz CT molecular complexity index is 346. The van der Waals surface area contributed by atoms with Crippen LogP contribution in [-0.2, 0) is 0 Å². The van der Waals surface area contributed by atoms with Gasteiger partial charge in [-0.05, 0) is 24.6 Å². The molecule has 0 spiro atoms. The number of nitrogens with one attached hydrogen (secondary N) is 1. The number of hydrogen-bond acceptors (Lipinski definition) is 4. The Morgan fingerprint density at radius 3 is 3.17 bits per heavy atom. The van der Waals surface area contributed by atoms with Crippen molar-refractivity contribution in [2.45, 2.75) is 6.92 Å². The zero-order valence-electron chi connectivity index (χ0n) is 6.66. The predicted octanol–water partition coefficient (Wildman–Crippen LogP) is 1.69. The van der Waals surface area contributed by atoms with Crippen LogP contribution in [0, 0.1) is 6.92 Å². The second-order valence-electron chi connectivity index (χ2n) is 2.72. The second kappa shape index (κ2) is 2.71. The maximum absolute atomic E-state index is 5.69. The molecule has 0 aliphatic carbocycles. The Balaban J connectivity index is 2.56. The lowest BCUT2D eigenvalue weighted by Crippen LogP contribution is -2.17. The number of benzene rings is 1. The van der Waals surface area contributed by atoms with E-state index < -0.39 is 0 Å². The summed E-state index contributed by atoms with van der Waals surface area (Å²) in [5, 5.41) is 0. The molecule has 2 rings (SSSR count). The number of hydrogen-bond donors (Lipinski definition) is 2. The monoisotopic (exact) mass is 179 g/mol. The van der Waals surface area contributed by atoms with Crippen molar-refractivity contribution in [1.29, 1.82) is 0 Å². The highest BCUT2D eigenvalue weighted by molar-refractivity contribution is 7.99. The van der Waals surface area contributed by atoms with E-state index in [1.807, 2.05) is 12.1 Å². The van der Waals surface area contributed by atoms with E-state index in [9.17, 15) is 0 Å². The van der Waals surface area contributed by atoms with E-state index in [0.29, 0.717) is 5.84 Å². The Kier molecular flexibility index (Phi) is 1.69. The van der Waals surface area contributed by atoms with Gasteiger partial charge in [0.05, 0.1) is 17.8 Å². The molecule has 3 N–H and O–H groups in total. The molecule has 12 heavy (non-hydrogen) atoms. The van der Waals surface area contributed by atoms with E-state index in [1.54, 1.807) is 0 Å². The van der Waals surface area contributed by atoms with E-state index in [1.165, 1.54) is 17.7 Å². The molecule has 1 aromatic rings. The van der Waals surface area contributed by atoms with Crippen molar-refractivity contribution >= 4 is 23.7 Å². The first-order valence-electron chi connectivity index (χ1n) is 3.64. The van der Waals surface area contributed by atoms with Gasteiger partial charge in [-0.25, -0.2) is 0 Å². The number of nitrogens with two attached hydrogens (primary N) is 1. The Morgan fingerprint density at radius 1 is 1.50 bits per heavy atom. The van der Waals surface area contributed by atoms with Gasteiger partial charge in [0.25, 0.3) is 0 Å². The fourth-order valence-corrected chi connectivity index (χ4v) is 1.65. The van der Waals surface area contributed by atoms with Crippen LogP contribution >= 0.6 is 12.1 Å². The Labute approximate surface area is 75.3 Å². The molecule has 0 atom stereocenters. The van der Waals surface area contributed by atoms with Crippen molar-refractivity contribution in [2.75, 3.05) is 4.72 Å². The smallest absolute Gasteiger partial charge is 0.142 e. The number of anilines is 1. The quantitative estimate of drug-likeness (QED) is 0.596. The van der Waals surface area contributed by atoms with Gasteiger partial charge in [0, 0.05) is 5.56 Å². The highest BCUT2D eigenvalue weighted by Crippen LogP contribution is 2.25. The zero-order chi connectivity index (χ0) is 8.55. The third-order valence-corrected chi connectivity index (χ3v) is 2.35. The molecule has 0 amide bonds. The summed E-state index contributed by atoms with van der Waals surface area (Å²) in [7, 11) is 0. The lowest BCUT2D eigenvalue weighted by atomic mass is 10.1. The molecule has 0 saturated heterocycles. The summed E-state index contributed by atoms with van der Waals surface area (Å²) in [5.74, 6) is 0.591. The summed E-state index contributed by atoms with van der Waals surface area (Å²) in [6, 6.07) is 6.07. The van der Waals surface area contributed by atoms with Gasteiger partial charge >= 0.3 is 0 Å². The van der Waals surface area contributed by atoms with Crippen molar-refractivity contribution in [2.24, 2.45) is 10.1 Å². The van der Waals surface area contributed by atoms with Crippen molar-refractivity contribution in [3.05, 3.63) is 29.3 Å². The van der Waals surface area contributed by atoms with E-state index in [-0.39, 0.29) is 0 Å². The first-order valence-corrected chi connectivity index (χ1v) is 4.41. The maximum Gasteiger partial charge on any atom is 0.142 e. The van der Waals surface area contributed by atoms with Gasteiger partial charge in [0.1, 0.15) is 5.84 Å². The molecule has 0 fully saturated rings. The third kappa shape index (κ3) is 1.14. The topological polar surface area (TPSA) is 50.4 Å². The van der Waals surface area contributed by atoms with E-state index >= 15 is 0 Å². The van der Waals surface area contributed by atoms with E-state index in [4.69, 9.17) is 5.73 Å². The average Bonchev–Trinajstić information content (AvgIpc) is 2.04. The minimum Gasteiger partial charge on any atom is -0.383 e. The molecule has 0 saturated carbocycles. The summed E-state index contributed by atoms with van der Waals surface area (Å²) < 4.78 is 7.08. The van der Waals surface area contributed by atoms with Crippen LogP contribution in [0.15, 0.2) is 22.6 Å². The van der Waals surface area contributed by atoms with E-state index in [2.05, 4.69) is 22.1 Å². The SMILES string of the molecule is Cc1ccc2c(c1)NSN=C2N. The number of aryl methyl sites for hydroxylation is 1. The summed E-state index contributed by atoms with van der Waals surface area (Å²) in [5.41, 5.74) is 8.94. The Morgan fingerprint density at radius 2 is 2.33 bits per heavy atom. The molecule has 0 unspecified atom stereocenters. The normalized spacial score (nSPS) is 14.6. The summed E-state index contributed by atoms with van der Waals surface area (Å²) in [6.45, 7) is 2.05. The molecule has 3 nitrogen and oxygen atoms in total. The van der Waals surface area contributed by atoms with Gasteiger partial charge in [-0.2, -0.15) is 4.40 Å². The van der Waals surface area contributed by atoms with Crippen LogP contribution in [0.3, 0.4) is 0 Å². The van der Waals surface area contributed by atoms with Gasteiger partial charge in [-0.15, -0.1) is 0 Å². The second-order valence-corrected chi connectivity index (χ2v) is 3.29. The molecule has 0 bridgehead atoms. The first-order chi connectivity index (χ1) is 5.77. The lowest BCUT2D eigenvalue weighted by Gasteiger charge is -2.14. The first kappa shape index (κ1) is 7.49. The Hall–Kier alpha value is -1.16. The number of nitrogens with zero attached hydrogens (tertiary/aromatic N) is 1. The molecule has 1 aliphatic rings. The van der Waals surface area contributed by atoms with Crippen LogP contribution in [0.5, 0.6) is 0 Å². The molecule has 0 radical (unpaired) electrons. The highest BCUT2D eigenvalue weighted by atomic mass is 32.2. The third-order valence-electron chi connectivity index (χ3n) is 1.75. The summed E-state index contributed by atoms with van der Waals surface area (Å²) in [6.07, 6.45) is 0. The molecular weight excluding hydrogens is 170 g/mol. The minimum absolute atomic E-state index is 0.591. The maximum atomic E-state index is 5.69. The fourth-order valence-electron chi connectivity index (χ4n) is 1.14. The molecule has 4 heteroatoms. The van der Waals surface area contributed by atoms with Gasteiger partial charge < -0.3 is 10.5 Å². The lowest BCUT2D eigenvalue weighted by molar-refractivity contribution is 1.44. The average molecular weight is 179 g/mol. The fraction of sp³-hybridized carbons (Fsp3) is 0.125. The van der Waals surface area contributed by atoms with Gasteiger partial charge in [0.2, 0.25) is 0 Å². The molecule has 1 heterocycles. The van der Waals surface area contributed by atoms with Crippen LogP contribution in [-0.4, -0.2) is 5.84 Å². The van der Waals surface area contributed by atoms with E-state index in [0.717, 1.165) is 11.3 Å². The standard InChI is InChI=1S/C8H9N3S/c1-5-2-3-6-7(4-5)10-12-11-8(6)9/h2-4,10H,1H3,(H2,9,11). The van der Waals surface area contributed by atoms with Gasteiger partial charge in [-0.3, -0.25) is 0 Å². The molecule has 1 aliphatic heterocycles. The van der Waals surface area contributed by atoms with Crippen LogP contribution in [0.1, 0.15) is 11.1 Å². The van der Waals surface area contributed by atoms with Crippen molar-refractivity contribution in [1.82, 2.24) is 0 Å². The number of amidine groups is 1. The zero-order valence-corrected chi connectivity index (χ0v) is 7.48. The van der Waals surface area contributed by atoms with Crippen molar-refractivity contribution in [3.8, 4) is 0 Å². The van der Waals surface area contributed by atoms with Crippen LogP contribution in [0.25, 0.3) is 0 Å². The van der Waals surface area contributed by atoms with Crippen LogP contribution in [0.2, 0.25) is 0 Å². The van der Waals surface area contributed by atoms with Crippen LogP contribution < -0.4 is 10.5 Å². The van der Waals surface area contributed by atoms with Gasteiger partial charge in [0.15, 0.2) is 0 Å². The molecule has 62 valence electrons. The largest absolute Gasteiger partial charge is 0.383 e. The number of fused-ring (bicyclic) bond motifs is 1. The summed E-state index contributed by atoms with van der Waals surface area (Å²) in [4.78, 5) is 0. The molecule has 0 aromatic heterocycles. The molecule has 1 aromatic carbocycles. The number of rotatable bonds is 0. The summed E-state index contributed by atoms with van der Waals surface area (Å²) >= 11 is 1.27. The van der Waals surface area contributed by atoms with Crippen molar-refractivity contribution < 1.29 is 0 Å². The minimum atomic E-state index is 0.591. The predicted molar refractivity (Wildman–Crippen MR) is 53.1 cm³/mol. The highest BCUT2D eigenvalue weighted by Gasteiger charge is 2.10. The molecular formula is C8H9N3S. The van der Waals surface area contributed by atoms with Gasteiger partial charge in [-0.1, -0.05) is 6.07 Å². The van der Waals surface area contributed by atoms with Crippen molar-refractivity contribution in [3.63, 3.8) is 0 Å².